The minimum absolute atomic E-state index is 0.532. The van der Waals surface area contributed by atoms with Crippen molar-refractivity contribution < 1.29 is 4.74 Å². The van der Waals surface area contributed by atoms with Crippen LogP contribution in [0.15, 0.2) is 6.07 Å². The first-order valence-electron chi connectivity index (χ1n) is 6.12. The maximum atomic E-state index is 9.02. The monoisotopic (exact) mass is 246 g/mol. The zero-order valence-corrected chi connectivity index (χ0v) is 12.1. The molecule has 0 fully saturated rings. The molecule has 0 amide bonds. The second-order valence-electron chi connectivity index (χ2n) is 5.24. The van der Waals surface area contributed by atoms with Crippen LogP contribution in [0.4, 0.5) is 0 Å². The molecule has 0 unspecified atom stereocenters. The van der Waals surface area contributed by atoms with Crippen molar-refractivity contribution in [2.45, 2.75) is 46.7 Å². The van der Waals surface area contributed by atoms with Crippen molar-refractivity contribution in [3.8, 4) is 11.8 Å². The molecule has 0 aliphatic rings. The van der Waals surface area contributed by atoms with E-state index in [1.54, 1.807) is 7.11 Å². The van der Waals surface area contributed by atoms with E-state index in [0.29, 0.717) is 6.54 Å². The van der Waals surface area contributed by atoms with Gasteiger partial charge in [0.15, 0.2) is 0 Å². The smallest absolute Gasteiger partial charge is 0.126 e. The molecule has 3 nitrogen and oxygen atoms in total. The molecular weight excluding hydrogens is 224 g/mol. The summed E-state index contributed by atoms with van der Waals surface area (Å²) in [5.41, 5.74) is 4.18. The lowest BCUT2D eigenvalue weighted by Gasteiger charge is -2.21. The molecule has 0 aliphatic heterocycles. The number of hydrogen-bond donors (Lipinski definition) is 1. The van der Waals surface area contributed by atoms with Crippen molar-refractivity contribution >= 4 is 0 Å². The molecule has 98 valence electrons. The average Bonchev–Trinajstić information content (AvgIpc) is 2.32. The van der Waals surface area contributed by atoms with Gasteiger partial charge >= 0.3 is 0 Å². The summed E-state index contributed by atoms with van der Waals surface area (Å²) in [5.74, 6) is 0.925. The molecule has 1 rings (SSSR count). The number of ether oxygens (including phenoxy) is 1. The van der Waals surface area contributed by atoms with E-state index in [1.807, 2.05) is 13.8 Å². The van der Waals surface area contributed by atoms with Crippen LogP contribution in [0.25, 0.3) is 0 Å². The van der Waals surface area contributed by atoms with Crippen LogP contribution in [-0.4, -0.2) is 12.6 Å². The van der Waals surface area contributed by atoms with Gasteiger partial charge in [0.1, 0.15) is 11.3 Å². The highest BCUT2D eigenvalue weighted by molar-refractivity contribution is 5.49. The van der Waals surface area contributed by atoms with E-state index in [-0.39, 0.29) is 0 Å². The first kappa shape index (κ1) is 14.5. The fourth-order valence-corrected chi connectivity index (χ4v) is 1.95. The van der Waals surface area contributed by atoms with E-state index in [9.17, 15) is 0 Å². The van der Waals surface area contributed by atoms with Gasteiger partial charge in [-0.15, -0.1) is 0 Å². The van der Waals surface area contributed by atoms with Crippen molar-refractivity contribution in [3.05, 3.63) is 28.3 Å². The summed E-state index contributed by atoms with van der Waals surface area (Å²) in [6, 6.07) is 4.40. The molecule has 1 aromatic carbocycles. The number of nitrogens with one attached hydrogen (secondary N) is 1. The average molecular weight is 246 g/mol. The standard InChI is InChI=1S/C15H22N2O/c1-10-7-11(2)13(14(18-6)12(10)3)8-17-15(4,5)9-16/h7,17H,8H2,1-6H3. The summed E-state index contributed by atoms with van der Waals surface area (Å²) in [6.07, 6.45) is 0. The number of nitrogens with zero attached hydrogens (tertiary/aromatic N) is 1. The number of benzene rings is 1. The van der Waals surface area contributed by atoms with Crippen molar-refractivity contribution in [1.29, 1.82) is 5.26 Å². The van der Waals surface area contributed by atoms with E-state index in [1.165, 1.54) is 11.1 Å². The van der Waals surface area contributed by atoms with Crippen LogP contribution < -0.4 is 10.1 Å². The molecule has 0 saturated carbocycles. The topological polar surface area (TPSA) is 45.0 Å². The van der Waals surface area contributed by atoms with E-state index >= 15 is 0 Å². The Balaban J connectivity index is 3.10. The molecule has 3 heteroatoms. The molecule has 0 heterocycles. The zero-order chi connectivity index (χ0) is 13.9. The SMILES string of the molecule is COc1c(C)c(C)cc(C)c1CNC(C)(C)C#N. The van der Waals surface area contributed by atoms with Gasteiger partial charge in [-0.1, -0.05) is 6.07 Å². The fraction of sp³-hybridized carbons (Fsp3) is 0.533. The van der Waals surface area contributed by atoms with Crippen LogP contribution in [0.3, 0.4) is 0 Å². The Morgan fingerprint density at radius 3 is 2.39 bits per heavy atom. The summed E-state index contributed by atoms with van der Waals surface area (Å²) in [5, 5.41) is 12.3. The summed E-state index contributed by atoms with van der Waals surface area (Å²) in [6.45, 7) is 10.6. The lowest BCUT2D eigenvalue weighted by molar-refractivity contribution is 0.398. The van der Waals surface area contributed by atoms with Crippen molar-refractivity contribution in [1.82, 2.24) is 5.32 Å². The quantitative estimate of drug-likeness (QED) is 0.888. The Kier molecular flexibility index (Phi) is 4.37. The molecule has 18 heavy (non-hydrogen) atoms. The predicted molar refractivity (Wildman–Crippen MR) is 73.7 cm³/mol. The van der Waals surface area contributed by atoms with Gasteiger partial charge in [-0.2, -0.15) is 5.26 Å². The molecule has 0 aromatic heterocycles. The molecule has 0 aliphatic carbocycles. The normalized spacial score (nSPS) is 11.2. The third-order valence-corrected chi connectivity index (χ3v) is 3.31. The highest BCUT2D eigenvalue weighted by Gasteiger charge is 2.18. The number of rotatable bonds is 4. The summed E-state index contributed by atoms with van der Waals surface area (Å²) in [7, 11) is 1.69. The van der Waals surface area contributed by atoms with E-state index in [0.717, 1.165) is 16.9 Å². The predicted octanol–water partition coefficient (Wildman–Crippen LogP) is 3.01. The van der Waals surface area contributed by atoms with E-state index in [2.05, 4.69) is 38.2 Å². The molecule has 0 saturated heterocycles. The van der Waals surface area contributed by atoms with Gasteiger partial charge in [-0.3, -0.25) is 5.32 Å². The van der Waals surface area contributed by atoms with E-state index < -0.39 is 5.54 Å². The van der Waals surface area contributed by atoms with Crippen molar-refractivity contribution in [2.75, 3.05) is 7.11 Å². The van der Waals surface area contributed by atoms with E-state index in [4.69, 9.17) is 10.00 Å². The lowest BCUT2D eigenvalue weighted by atomic mass is 9.98. The van der Waals surface area contributed by atoms with Crippen molar-refractivity contribution in [3.63, 3.8) is 0 Å². The number of nitriles is 1. The Morgan fingerprint density at radius 2 is 1.89 bits per heavy atom. The molecule has 0 spiro atoms. The van der Waals surface area contributed by atoms with Crippen LogP contribution in [0, 0.1) is 32.1 Å². The van der Waals surface area contributed by atoms with Crippen LogP contribution in [0.5, 0.6) is 5.75 Å². The Morgan fingerprint density at radius 1 is 1.28 bits per heavy atom. The second-order valence-corrected chi connectivity index (χ2v) is 5.24. The first-order chi connectivity index (χ1) is 8.32. The van der Waals surface area contributed by atoms with Gasteiger partial charge in [-0.05, 0) is 51.3 Å². The van der Waals surface area contributed by atoms with Crippen LogP contribution in [0.1, 0.15) is 36.1 Å². The molecular formula is C15H22N2O. The third-order valence-electron chi connectivity index (χ3n) is 3.31. The number of methoxy groups -OCH3 is 1. The Hall–Kier alpha value is -1.53. The maximum absolute atomic E-state index is 9.02. The van der Waals surface area contributed by atoms with Crippen LogP contribution in [0.2, 0.25) is 0 Å². The highest BCUT2D eigenvalue weighted by Crippen LogP contribution is 2.29. The van der Waals surface area contributed by atoms with Crippen molar-refractivity contribution in [2.24, 2.45) is 0 Å². The van der Waals surface area contributed by atoms with Crippen LogP contribution in [-0.2, 0) is 6.54 Å². The van der Waals surface area contributed by atoms with Gasteiger partial charge in [0.05, 0.1) is 13.2 Å². The lowest BCUT2D eigenvalue weighted by Crippen LogP contribution is -2.37. The summed E-state index contributed by atoms with van der Waals surface area (Å²) < 4.78 is 5.51. The second kappa shape index (κ2) is 5.41. The summed E-state index contributed by atoms with van der Waals surface area (Å²) in [4.78, 5) is 0. The van der Waals surface area contributed by atoms with Crippen LogP contribution >= 0.6 is 0 Å². The fourth-order valence-electron chi connectivity index (χ4n) is 1.95. The third kappa shape index (κ3) is 3.02. The number of aryl methyl sites for hydroxylation is 2. The minimum atomic E-state index is -0.532. The van der Waals surface area contributed by atoms with Gasteiger partial charge in [-0.25, -0.2) is 0 Å². The zero-order valence-electron chi connectivity index (χ0n) is 12.1. The summed E-state index contributed by atoms with van der Waals surface area (Å²) >= 11 is 0. The van der Waals surface area contributed by atoms with Gasteiger partial charge in [0.2, 0.25) is 0 Å². The molecule has 0 atom stereocenters. The largest absolute Gasteiger partial charge is 0.496 e. The van der Waals surface area contributed by atoms with Gasteiger partial charge < -0.3 is 4.74 Å². The molecule has 0 radical (unpaired) electrons. The maximum Gasteiger partial charge on any atom is 0.126 e. The highest BCUT2D eigenvalue weighted by atomic mass is 16.5. The molecule has 0 bridgehead atoms. The molecule has 1 aromatic rings. The minimum Gasteiger partial charge on any atom is -0.496 e. The molecule has 1 N–H and O–H groups in total. The van der Waals surface area contributed by atoms with Gasteiger partial charge in [0.25, 0.3) is 0 Å². The van der Waals surface area contributed by atoms with Gasteiger partial charge in [0, 0.05) is 12.1 Å². The number of hydrogen-bond acceptors (Lipinski definition) is 3. The Labute approximate surface area is 110 Å². The Bertz CT molecular complexity index is 484. The first-order valence-corrected chi connectivity index (χ1v) is 6.12.